The van der Waals surface area contributed by atoms with Gasteiger partial charge in [0.15, 0.2) is 39.5 Å². The molecule has 664 valence electrons. The first-order chi connectivity index (χ1) is 56.5. The van der Waals surface area contributed by atoms with Crippen LogP contribution in [0.15, 0.2) is 136 Å². The van der Waals surface area contributed by atoms with Gasteiger partial charge in [-0.05, 0) is 281 Å². The van der Waals surface area contributed by atoms with E-state index in [-0.39, 0.29) is 86.2 Å². The maximum Gasteiger partial charge on any atom is 0.426 e. The molecule has 2 aliphatic heterocycles. The Bertz CT molecular complexity index is 4570. The van der Waals surface area contributed by atoms with Crippen LogP contribution in [0.5, 0.6) is 28.7 Å². The van der Waals surface area contributed by atoms with E-state index in [1.165, 1.54) is 71.8 Å². The zero-order chi connectivity index (χ0) is 89.7. The van der Waals surface area contributed by atoms with Crippen LogP contribution in [0.1, 0.15) is 285 Å². The summed E-state index contributed by atoms with van der Waals surface area (Å²) in [5.41, 5.74) is -4.15. The van der Waals surface area contributed by atoms with E-state index in [0.29, 0.717) is 75.6 Å². The lowest BCUT2D eigenvalue weighted by atomic mass is 9.48. The van der Waals surface area contributed by atoms with Crippen LogP contribution in [-0.4, -0.2) is 113 Å². The molecule has 5 aromatic rings. The molecule has 26 heteroatoms. The number of ketones is 2. The highest BCUT2D eigenvalue weighted by Gasteiger charge is 2.64. The number of benzene rings is 5. The van der Waals surface area contributed by atoms with Crippen molar-refractivity contribution in [3.05, 3.63) is 144 Å². The Labute approximate surface area is 714 Å². The number of halogens is 4. The third kappa shape index (κ3) is 25.3. The van der Waals surface area contributed by atoms with Crippen LogP contribution in [0.4, 0.5) is 17.6 Å². The number of allylic oxidation sites excluding steroid dienone is 2. The van der Waals surface area contributed by atoms with Gasteiger partial charge in [0.05, 0.1) is 60.7 Å². The lowest BCUT2D eigenvalue weighted by Gasteiger charge is -2.60. The van der Waals surface area contributed by atoms with Crippen LogP contribution < -0.4 is 14.2 Å². The molecule has 7 aliphatic carbocycles. The van der Waals surface area contributed by atoms with Crippen LogP contribution in [0.2, 0.25) is 0 Å². The predicted octanol–water partition coefficient (Wildman–Crippen LogP) is 21.5. The average molecular weight is 1730 g/mol. The molecule has 7 fully saturated rings. The molecule has 6 saturated carbocycles. The summed E-state index contributed by atoms with van der Waals surface area (Å²) in [5, 5.41) is 9.76. The Morgan fingerprint density at radius 1 is 0.628 bits per heavy atom. The predicted molar refractivity (Wildman–Crippen MR) is 451 cm³/mol. The van der Waals surface area contributed by atoms with Gasteiger partial charge >= 0.3 is 42.0 Å². The van der Waals surface area contributed by atoms with Gasteiger partial charge in [-0.25, -0.2) is 17.6 Å². The topological polar surface area (TPSA) is 288 Å². The van der Waals surface area contributed by atoms with Gasteiger partial charge < -0.3 is 47.6 Å². The Kier molecular flexibility index (Phi) is 32.6. The number of carbonyl (C=O) groups excluding carboxylic acids is 8. The average Bonchev–Trinajstić information content (AvgIpc) is 0.998. The minimum absolute atomic E-state index is 0.00100. The van der Waals surface area contributed by atoms with E-state index >= 15 is 0 Å². The van der Waals surface area contributed by atoms with Gasteiger partial charge in [0.2, 0.25) is 22.0 Å². The minimum atomic E-state index is -5.27. The number of esters is 6. The van der Waals surface area contributed by atoms with Crippen LogP contribution in [0.25, 0.3) is 0 Å². The van der Waals surface area contributed by atoms with Crippen molar-refractivity contribution in [3.8, 4) is 28.7 Å². The fourth-order valence-corrected chi connectivity index (χ4v) is 18.9. The van der Waals surface area contributed by atoms with Crippen LogP contribution >= 0.6 is 0 Å². The zero-order valence-corrected chi connectivity index (χ0v) is 74.9. The summed E-state index contributed by atoms with van der Waals surface area (Å²) in [5.74, 6) is -2.93. The van der Waals surface area contributed by atoms with Crippen molar-refractivity contribution in [1.82, 2.24) is 0 Å². The number of hydrogen-bond donors (Lipinski definition) is 1. The second-order valence-electron chi connectivity index (χ2n) is 36.8. The fraction of sp³-hybridized carbons (Fsp3) is 0.579. The quantitative estimate of drug-likeness (QED) is 0.0165. The molecular formula is C95H124F4O20S2. The normalized spacial score (nSPS) is 21.4. The SMILES string of the molecule is CCC(C)(C)C(=O)OC(C)(C)C1CCCC1.CCC(C)(C)C(=O)OC12CC3CC(C1)CC(C(=O)OC(CS(=O)(=O)[O-])C(F)(F)F)(C3)C2.CCC(C)(C)C(=O)OC1CCOC1=O.CCC(C)(C)C(=O)Oc1ccc(O)c2c1C(=O)C=CC2=O.CCC(C)c1ccc(OC2(C)CCCCC2)c(F)c1.c1ccc([S+]2c3ccccc3Oc3ccccc32)cc1. The molecule has 0 aromatic heterocycles. The van der Waals surface area contributed by atoms with Crippen molar-refractivity contribution in [2.24, 2.45) is 44.8 Å². The van der Waals surface area contributed by atoms with Gasteiger partial charge in [0.1, 0.15) is 39.2 Å². The lowest BCUT2D eigenvalue weighted by molar-refractivity contribution is -0.239. The van der Waals surface area contributed by atoms with Crippen LogP contribution in [0, 0.1) is 50.6 Å². The number of alkyl halides is 3. The third-order valence-electron chi connectivity index (χ3n) is 25.3. The van der Waals surface area contributed by atoms with Crippen molar-refractivity contribution in [2.75, 3.05) is 12.4 Å². The number of aromatic hydroxyl groups is 1. The van der Waals surface area contributed by atoms with Crippen molar-refractivity contribution in [2.45, 2.75) is 308 Å². The Morgan fingerprint density at radius 2 is 1.14 bits per heavy atom. The van der Waals surface area contributed by atoms with Gasteiger partial charge in [-0.2, -0.15) is 13.2 Å². The number of para-hydroxylation sites is 2. The largest absolute Gasteiger partial charge is 0.748 e. The summed E-state index contributed by atoms with van der Waals surface area (Å²) in [6.45, 7) is 32.9. The highest BCUT2D eigenvalue weighted by atomic mass is 32.2. The summed E-state index contributed by atoms with van der Waals surface area (Å²) in [6, 6.07) is 35.3. The first-order valence-electron chi connectivity index (χ1n) is 42.6. The Hall–Kier alpha value is -8.62. The molecule has 0 spiro atoms. The molecule has 0 radical (unpaired) electrons. The maximum atomic E-state index is 14.1. The van der Waals surface area contributed by atoms with E-state index in [1.807, 2.05) is 71.9 Å². The molecule has 2 heterocycles. The van der Waals surface area contributed by atoms with E-state index in [1.54, 1.807) is 53.7 Å². The summed E-state index contributed by atoms with van der Waals surface area (Å²) in [4.78, 5) is 100. The highest BCUT2D eigenvalue weighted by Crippen LogP contribution is 2.64. The lowest BCUT2D eigenvalue weighted by Crippen LogP contribution is -2.61. The number of hydrogen-bond acceptors (Lipinski definition) is 20. The summed E-state index contributed by atoms with van der Waals surface area (Å²) in [7, 11) is -5.35. The van der Waals surface area contributed by atoms with Crippen LogP contribution in [0.3, 0.4) is 0 Å². The summed E-state index contributed by atoms with van der Waals surface area (Å²) in [6.07, 6.45) is 10.6. The smallest absolute Gasteiger partial charge is 0.426 e. The van der Waals surface area contributed by atoms with Gasteiger partial charge in [-0.3, -0.25) is 33.6 Å². The second kappa shape index (κ2) is 40.4. The number of rotatable bonds is 22. The van der Waals surface area contributed by atoms with Gasteiger partial charge in [-0.1, -0.05) is 109 Å². The van der Waals surface area contributed by atoms with Gasteiger partial charge in [0, 0.05) is 12.8 Å². The summed E-state index contributed by atoms with van der Waals surface area (Å²) < 4.78 is 130. The van der Waals surface area contributed by atoms with E-state index in [0.717, 1.165) is 61.3 Å². The molecule has 1 N–H and O–H groups in total. The third-order valence-corrected chi connectivity index (χ3v) is 28.3. The molecule has 9 aliphatic rings. The highest BCUT2D eigenvalue weighted by molar-refractivity contribution is 7.97. The first-order valence-corrected chi connectivity index (χ1v) is 45.4. The van der Waals surface area contributed by atoms with E-state index in [4.69, 9.17) is 33.2 Å². The minimum Gasteiger partial charge on any atom is -0.748 e. The molecule has 4 bridgehead atoms. The molecule has 5 atom stereocenters. The summed E-state index contributed by atoms with van der Waals surface area (Å²) >= 11 is 0. The van der Waals surface area contributed by atoms with Crippen molar-refractivity contribution in [3.63, 3.8) is 0 Å². The van der Waals surface area contributed by atoms with Crippen LogP contribution in [-0.2, 0) is 73.5 Å². The molecule has 5 unspecified atom stereocenters. The molecule has 5 aromatic carbocycles. The van der Waals surface area contributed by atoms with E-state index < -0.39 is 97.0 Å². The fourth-order valence-electron chi connectivity index (χ4n) is 16.0. The monoisotopic (exact) mass is 1720 g/mol. The Balaban J connectivity index is 0.000000184. The van der Waals surface area contributed by atoms with Gasteiger partial charge in [-0.15, -0.1) is 0 Å². The number of carbonyl (C=O) groups is 8. The molecule has 121 heavy (non-hydrogen) atoms. The van der Waals surface area contributed by atoms with Gasteiger partial charge in [0.25, 0.3) is 0 Å². The first kappa shape index (κ1) is 97.8. The number of phenols is 1. The number of fused-ring (bicyclic) bond motifs is 3. The maximum absolute atomic E-state index is 14.1. The van der Waals surface area contributed by atoms with E-state index in [9.17, 15) is 74.0 Å². The van der Waals surface area contributed by atoms with Crippen molar-refractivity contribution >= 4 is 68.4 Å². The zero-order valence-electron chi connectivity index (χ0n) is 73.3. The number of cyclic esters (lactones) is 1. The van der Waals surface area contributed by atoms with E-state index in [2.05, 4.69) is 94.0 Å². The second-order valence-corrected chi connectivity index (χ2v) is 40.2. The molecule has 20 nitrogen and oxygen atoms in total. The van der Waals surface area contributed by atoms with Crippen molar-refractivity contribution < 1.29 is 112 Å². The standard InChI is InChI=1S/C20H29F3O7S.C18H13OS.C17H25FO.C16H16O5.C14H26O2.C10H16O4/c1-4-17(2,3)15(24)30-19-8-12-5-13(9-19)7-18(6-12,11-19)16(25)29-14(20(21,22)23)10-31(26,27)28;1-2-8-14(9-3-1)20-17-12-6-4-10-15(17)19-16-11-5-7-13-18(16)20;1-4-13(2)14-8-9-16(15(18)12-14)19-17(3)10-6-5-7-11-17;1-4-16(2,3)15(20)21-12-8-7-10(18)13-9(17)5-6-11(19)14(12)13;1-6-13(2,3)12(15)16-14(4,5)11-9-7-8-10-11;1-4-10(2,3)9(12)14-7-5-6-13-8(7)11/h12-14H,4-11H2,1-3H3,(H,26,27,28);1-13H;8-9,12-13H,4-7,10-11H2,1-3H3;5-8,18H,4H2,1-3H3;11H,6-10H2,1-5H3;7H,4-6H2,1-3H3/q;+1;;;;/p-1. The number of ether oxygens (including phenoxy) is 8. The molecular weight excluding hydrogens is 1600 g/mol. The Morgan fingerprint density at radius 3 is 1.65 bits per heavy atom. The van der Waals surface area contributed by atoms with Crippen molar-refractivity contribution in [1.29, 1.82) is 0 Å². The molecule has 0 amide bonds. The molecule has 14 rings (SSSR count). The molecule has 1 saturated heterocycles. The number of phenolic OH excluding ortho intramolecular Hbond substituents is 1.